The zero-order valence-corrected chi connectivity index (χ0v) is 11.8. The van der Waals surface area contributed by atoms with Gasteiger partial charge in [-0.2, -0.15) is 0 Å². The molecule has 0 spiro atoms. The highest BCUT2D eigenvalue weighted by Gasteiger charge is 2.21. The molecular weight excluding hydrogens is 272 g/mol. The Kier molecular flexibility index (Phi) is 3.88. The van der Waals surface area contributed by atoms with Crippen LogP contribution in [-0.4, -0.2) is 13.2 Å². The van der Waals surface area contributed by atoms with Gasteiger partial charge in [0.1, 0.15) is 5.82 Å². The van der Waals surface area contributed by atoms with Crippen molar-refractivity contribution in [2.24, 2.45) is 0 Å². The average molecular weight is 289 g/mol. The van der Waals surface area contributed by atoms with Gasteiger partial charge in [-0.25, -0.2) is 8.78 Å². The molecule has 0 aliphatic heterocycles. The molecular formula is C17H17F2NO. The second-order valence-corrected chi connectivity index (χ2v) is 5.28. The minimum Gasteiger partial charge on any atom is -0.494 e. The molecule has 0 aromatic heterocycles. The summed E-state index contributed by atoms with van der Waals surface area (Å²) in [5.74, 6) is -0.535. The average Bonchev–Trinajstić information content (AvgIpc) is 3.30. The van der Waals surface area contributed by atoms with Crippen LogP contribution in [0.5, 0.6) is 5.75 Å². The summed E-state index contributed by atoms with van der Waals surface area (Å²) < 4.78 is 32.9. The number of rotatable bonds is 5. The molecule has 21 heavy (non-hydrogen) atoms. The van der Waals surface area contributed by atoms with E-state index in [-0.39, 0.29) is 11.6 Å². The molecule has 0 radical (unpaired) electrons. The Bertz CT molecular complexity index is 653. The lowest BCUT2D eigenvalue weighted by molar-refractivity contribution is 0.387. The Morgan fingerprint density at radius 1 is 1.14 bits per heavy atom. The largest absolute Gasteiger partial charge is 0.494 e. The highest BCUT2D eigenvalue weighted by atomic mass is 19.1. The lowest BCUT2D eigenvalue weighted by Gasteiger charge is -2.13. The lowest BCUT2D eigenvalue weighted by atomic mass is 9.98. The van der Waals surface area contributed by atoms with Crippen LogP contribution in [-0.2, 0) is 6.54 Å². The van der Waals surface area contributed by atoms with E-state index in [0.29, 0.717) is 23.7 Å². The number of methoxy groups -OCH3 is 1. The van der Waals surface area contributed by atoms with Crippen molar-refractivity contribution in [3.05, 3.63) is 53.6 Å². The standard InChI is InChI=1S/C17H17F2NO/c1-21-16-4-2-3-15(17(16)19)14-8-5-12(18)9-11(14)10-20-13-6-7-13/h2-5,8-9,13,20H,6-7,10H2,1H3. The summed E-state index contributed by atoms with van der Waals surface area (Å²) in [6.07, 6.45) is 2.30. The Balaban J connectivity index is 2.00. The van der Waals surface area contributed by atoms with Crippen molar-refractivity contribution in [1.82, 2.24) is 5.32 Å². The highest BCUT2D eigenvalue weighted by molar-refractivity contribution is 5.69. The Morgan fingerprint density at radius 2 is 1.95 bits per heavy atom. The van der Waals surface area contributed by atoms with E-state index >= 15 is 0 Å². The molecule has 2 nitrogen and oxygen atoms in total. The van der Waals surface area contributed by atoms with Crippen molar-refractivity contribution in [2.75, 3.05) is 7.11 Å². The van der Waals surface area contributed by atoms with E-state index in [4.69, 9.17) is 4.74 Å². The first-order chi connectivity index (χ1) is 10.2. The molecule has 4 heteroatoms. The van der Waals surface area contributed by atoms with Crippen LogP contribution in [0.2, 0.25) is 0 Å². The summed E-state index contributed by atoms with van der Waals surface area (Å²) in [6.45, 7) is 0.536. The van der Waals surface area contributed by atoms with E-state index in [9.17, 15) is 8.78 Å². The summed E-state index contributed by atoms with van der Waals surface area (Å²) in [6, 6.07) is 9.95. The minimum atomic E-state index is -0.417. The van der Waals surface area contributed by atoms with Crippen molar-refractivity contribution >= 4 is 0 Å². The molecule has 0 atom stereocenters. The number of hydrogen-bond donors (Lipinski definition) is 1. The molecule has 110 valence electrons. The first-order valence-electron chi connectivity index (χ1n) is 7.03. The van der Waals surface area contributed by atoms with Gasteiger partial charge in [0.2, 0.25) is 0 Å². The second-order valence-electron chi connectivity index (χ2n) is 5.28. The molecule has 0 unspecified atom stereocenters. The van der Waals surface area contributed by atoms with Crippen LogP contribution >= 0.6 is 0 Å². The maximum atomic E-state index is 14.4. The highest BCUT2D eigenvalue weighted by Crippen LogP contribution is 2.32. The molecule has 1 aliphatic carbocycles. The molecule has 1 fully saturated rings. The second kappa shape index (κ2) is 5.82. The van der Waals surface area contributed by atoms with E-state index in [0.717, 1.165) is 18.4 Å². The van der Waals surface area contributed by atoms with Crippen LogP contribution in [0.4, 0.5) is 8.78 Å². The normalized spacial score (nSPS) is 14.2. The van der Waals surface area contributed by atoms with Crippen molar-refractivity contribution in [2.45, 2.75) is 25.4 Å². The maximum absolute atomic E-state index is 14.4. The summed E-state index contributed by atoms with van der Waals surface area (Å²) >= 11 is 0. The lowest BCUT2D eigenvalue weighted by Crippen LogP contribution is -2.16. The van der Waals surface area contributed by atoms with Crippen molar-refractivity contribution in [3.8, 4) is 16.9 Å². The minimum absolute atomic E-state index is 0.193. The van der Waals surface area contributed by atoms with Gasteiger partial charge in [-0.15, -0.1) is 0 Å². The van der Waals surface area contributed by atoms with Gasteiger partial charge in [0, 0.05) is 18.2 Å². The zero-order chi connectivity index (χ0) is 14.8. The van der Waals surface area contributed by atoms with E-state index in [1.807, 2.05) is 0 Å². The predicted octanol–water partition coefficient (Wildman–Crippen LogP) is 3.89. The van der Waals surface area contributed by atoms with E-state index in [1.165, 1.54) is 19.2 Å². The topological polar surface area (TPSA) is 21.3 Å². The van der Waals surface area contributed by atoms with Gasteiger partial charge in [0.25, 0.3) is 0 Å². The van der Waals surface area contributed by atoms with Crippen LogP contribution in [0.15, 0.2) is 36.4 Å². The first-order valence-corrected chi connectivity index (χ1v) is 7.03. The van der Waals surface area contributed by atoms with E-state index in [1.54, 1.807) is 24.3 Å². The predicted molar refractivity (Wildman–Crippen MR) is 78.2 cm³/mol. The van der Waals surface area contributed by atoms with Gasteiger partial charge >= 0.3 is 0 Å². The number of ether oxygens (including phenoxy) is 1. The fourth-order valence-electron chi connectivity index (χ4n) is 2.39. The van der Waals surface area contributed by atoms with Crippen molar-refractivity contribution in [3.63, 3.8) is 0 Å². The molecule has 2 aromatic rings. The van der Waals surface area contributed by atoms with Gasteiger partial charge in [-0.05, 0) is 42.2 Å². The zero-order valence-electron chi connectivity index (χ0n) is 11.8. The molecule has 0 amide bonds. The quantitative estimate of drug-likeness (QED) is 0.901. The number of nitrogens with one attached hydrogen (secondary N) is 1. The molecule has 1 saturated carbocycles. The van der Waals surface area contributed by atoms with Crippen LogP contribution in [0.25, 0.3) is 11.1 Å². The van der Waals surface area contributed by atoms with Gasteiger partial charge in [-0.1, -0.05) is 18.2 Å². The molecule has 2 aromatic carbocycles. The molecule has 0 saturated heterocycles. The Hall–Kier alpha value is -1.94. The van der Waals surface area contributed by atoms with Crippen molar-refractivity contribution < 1.29 is 13.5 Å². The monoisotopic (exact) mass is 289 g/mol. The van der Waals surface area contributed by atoms with Crippen LogP contribution in [0.1, 0.15) is 18.4 Å². The van der Waals surface area contributed by atoms with E-state index < -0.39 is 5.82 Å². The molecule has 1 N–H and O–H groups in total. The van der Waals surface area contributed by atoms with Crippen LogP contribution in [0.3, 0.4) is 0 Å². The van der Waals surface area contributed by atoms with Gasteiger partial charge in [-0.3, -0.25) is 0 Å². The van der Waals surface area contributed by atoms with Crippen LogP contribution in [0, 0.1) is 11.6 Å². The third-order valence-electron chi connectivity index (χ3n) is 3.70. The van der Waals surface area contributed by atoms with Crippen LogP contribution < -0.4 is 10.1 Å². The fraction of sp³-hybridized carbons (Fsp3) is 0.294. The van der Waals surface area contributed by atoms with Gasteiger partial charge in [0.15, 0.2) is 11.6 Å². The first kappa shape index (κ1) is 14.0. The number of halogens is 2. The Morgan fingerprint density at radius 3 is 2.67 bits per heavy atom. The maximum Gasteiger partial charge on any atom is 0.172 e. The molecule has 0 bridgehead atoms. The summed E-state index contributed by atoms with van der Waals surface area (Å²) in [5, 5.41) is 3.34. The summed E-state index contributed by atoms with van der Waals surface area (Å²) in [5.41, 5.74) is 1.89. The number of benzene rings is 2. The third-order valence-corrected chi connectivity index (χ3v) is 3.70. The van der Waals surface area contributed by atoms with Gasteiger partial charge < -0.3 is 10.1 Å². The Labute approximate surface area is 122 Å². The SMILES string of the molecule is COc1cccc(-c2ccc(F)cc2CNC2CC2)c1F. The van der Waals surface area contributed by atoms with Gasteiger partial charge in [0.05, 0.1) is 7.11 Å². The smallest absolute Gasteiger partial charge is 0.172 e. The van der Waals surface area contributed by atoms with E-state index in [2.05, 4.69) is 5.32 Å². The number of hydrogen-bond acceptors (Lipinski definition) is 2. The fourth-order valence-corrected chi connectivity index (χ4v) is 2.39. The van der Waals surface area contributed by atoms with Crippen molar-refractivity contribution in [1.29, 1.82) is 0 Å². The molecule has 0 heterocycles. The molecule has 1 aliphatic rings. The summed E-state index contributed by atoms with van der Waals surface area (Å²) in [7, 11) is 1.43. The summed E-state index contributed by atoms with van der Waals surface area (Å²) in [4.78, 5) is 0. The third kappa shape index (κ3) is 3.05. The molecule has 3 rings (SSSR count).